The minimum atomic E-state index is -0.332. The van der Waals surface area contributed by atoms with Crippen LogP contribution in [0.25, 0.3) is 0 Å². The van der Waals surface area contributed by atoms with E-state index in [4.69, 9.17) is 4.74 Å². The van der Waals surface area contributed by atoms with Gasteiger partial charge in [-0.25, -0.2) is 5.43 Å². The Labute approximate surface area is 124 Å². The van der Waals surface area contributed by atoms with Crippen molar-refractivity contribution in [2.75, 3.05) is 6.61 Å². The Morgan fingerprint density at radius 2 is 2.05 bits per heavy atom. The largest absolute Gasteiger partial charge is 0.466 e. The zero-order valence-electron chi connectivity index (χ0n) is 12.3. The molecule has 1 amide bonds. The van der Waals surface area contributed by atoms with Gasteiger partial charge in [-0.05, 0) is 31.7 Å². The molecule has 112 valence electrons. The minimum Gasteiger partial charge on any atom is -0.466 e. The average Bonchev–Trinajstić information content (AvgIpc) is 3.26. The van der Waals surface area contributed by atoms with E-state index in [-0.39, 0.29) is 30.1 Å². The van der Waals surface area contributed by atoms with Crippen molar-refractivity contribution in [2.45, 2.75) is 32.6 Å². The molecule has 5 nitrogen and oxygen atoms in total. The molecule has 1 saturated carbocycles. The Bertz CT molecular complexity index is 540. The Balaban J connectivity index is 1.80. The summed E-state index contributed by atoms with van der Waals surface area (Å²) in [5, 5.41) is 3.95. The number of nitrogens with zero attached hydrogens (tertiary/aromatic N) is 1. The molecule has 2 rings (SSSR count). The van der Waals surface area contributed by atoms with Crippen LogP contribution in [0.2, 0.25) is 0 Å². The highest BCUT2D eigenvalue weighted by atomic mass is 16.5. The summed E-state index contributed by atoms with van der Waals surface area (Å²) in [5.41, 5.74) is 4.26. The molecule has 0 aliphatic heterocycles. The maximum absolute atomic E-state index is 12.0. The second kappa shape index (κ2) is 7.02. The van der Waals surface area contributed by atoms with E-state index < -0.39 is 0 Å². The van der Waals surface area contributed by atoms with E-state index in [1.165, 1.54) is 5.56 Å². The fourth-order valence-electron chi connectivity index (χ4n) is 2.25. The smallest absolute Gasteiger partial charge is 0.311 e. The molecule has 0 spiro atoms. The number of hydrogen-bond acceptors (Lipinski definition) is 4. The van der Waals surface area contributed by atoms with Crippen molar-refractivity contribution in [2.24, 2.45) is 11.0 Å². The standard InChI is InChI=1S/C16H20N2O3/c1-3-21-15(19)9-11(2)17-18-16(20)14-10-13(14)12-7-5-4-6-8-12/h4-8,13-14H,3,9-10H2,1-2H3,(H,18,20). The molecule has 1 aromatic carbocycles. The maximum atomic E-state index is 12.0. The summed E-state index contributed by atoms with van der Waals surface area (Å²) in [4.78, 5) is 23.2. The molecule has 0 radical (unpaired) electrons. The highest BCUT2D eigenvalue weighted by Gasteiger charge is 2.43. The Morgan fingerprint density at radius 1 is 1.33 bits per heavy atom. The molecule has 1 aromatic rings. The monoisotopic (exact) mass is 288 g/mol. The van der Waals surface area contributed by atoms with Crippen LogP contribution >= 0.6 is 0 Å². The zero-order valence-corrected chi connectivity index (χ0v) is 12.3. The van der Waals surface area contributed by atoms with E-state index in [9.17, 15) is 9.59 Å². The minimum absolute atomic E-state index is 0.0217. The van der Waals surface area contributed by atoms with Gasteiger partial charge in [0.05, 0.1) is 13.0 Å². The normalized spacial score (nSPS) is 20.8. The summed E-state index contributed by atoms with van der Waals surface area (Å²) in [5.74, 6) is -0.160. The van der Waals surface area contributed by atoms with Crippen LogP contribution in [0.3, 0.4) is 0 Å². The van der Waals surface area contributed by atoms with E-state index in [0.717, 1.165) is 6.42 Å². The second-order valence-corrected chi connectivity index (χ2v) is 5.16. The SMILES string of the molecule is CCOC(=O)CC(C)=NNC(=O)C1CC1c1ccccc1. The van der Waals surface area contributed by atoms with Crippen molar-refractivity contribution >= 4 is 17.6 Å². The lowest BCUT2D eigenvalue weighted by atomic mass is 10.1. The maximum Gasteiger partial charge on any atom is 0.311 e. The number of hydrazone groups is 1. The lowest BCUT2D eigenvalue weighted by molar-refractivity contribution is -0.141. The summed E-state index contributed by atoms with van der Waals surface area (Å²) in [6.45, 7) is 3.79. The Hall–Kier alpha value is -2.17. The molecule has 1 fully saturated rings. The first kappa shape index (κ1) is 15.2. The molecular weight excluding hydrogens is 268 g/mol. The van der Waals surface area contributed by atoms with Crippen molar-refractivity contribution in [1.82, 2.24) is 5.43 Å². The predicted molar refractivity (Wildman–Crippen MR) is 79.8 cm³/mol. The van der Waals surface area contributed by atoms with Crippen LogP contribution in [0.15, 0.2) is 35.4 Å². The van der Waals surface area contributed by atoms with Gasteiger partial charge in [0.15, 0.2) is 0 Å². The molecule has 0 aromatic heterocycles. The molecule has 2 atom stereocenters. The molecule has 1 N–H and O–H groups in total. The van der Waals surface area contributed by atoms with E-state index in [0.29, 0.717) is 12.3 Å². The molecule has 0 heterocycles. The molecule has 2 unspecified atom stereocenters. The first-order valence-electron chi connectivity index (χ1n) is 7.15. The van der Waals surface area contributed by atoms with Crippen molar-refractivity contribution < 1.29 is 14.3 Å². The average molecular weight is 288 g/mol. The highest BCUT2D eigenvalue weighted by Crippen LogP contribution is 2.47. The van der Waals surface area contributed by atoms with Crippen LogP contribution in [-0.4, -0.2) is 24.2 Å². The number of hydrogen-bond donors (Lipinski definition) is 1. The highest BCUT2D eigenvalue weighted by molar-refractivity contribution is 5.98. The molecule has 1 aliphatic carbocycles. The van der Waals surface area contributed by atoms with Crippen molar-refractivity contribution in [1.29, 1.82) is 0 Å². The van der Waals surface area contributed by atoms with Gasteiger partial charge in [-0.2, -0.15) is 5.10 Å². The fraction of sp³-hybridized carbons (Fsp3) is 0.438. The number of esters is 1. The third kappa shape index (κ3) is 4.41. The zero-order chi connectivity index (χ0) is 15.2. The second-order valence-electron chi connectivity index (χ2n) is 5.16. The van der Waals surface area contributed by atoms with Crippen LogP contribution in [0.1, 0.15) is 38.2 Å². The van der Waals surface area contributed by atoms with Crippen LogP contribution in [0.4, 0.5) is 0 Å². The fourth-order valence-corrected chi connectivity index (χ4v) is 2.25. The van der Waals surface area contributed by atoms with Crippen molar-refractivity contribution in [3.8, 4) is 0 Å². The molecule has 1 aliphatic rings. The topological polar surface area (TPSA) is 67.8 Å². The van der Waals surface area contributed by atoms with Crippen molar-refractivity contribution in [3.63, 3.8) is 0 Å². The van der Waals surface area contributed by atoms with E-state index in [2.05, 4.69) is 10.5 Å². The summed E-state index contributed by atoms with van der Waals surface area (Å²) in [6.07, 6.45) is 0.948. The third-order valence-corrected chi connectivity index (χ3v) is 3.42. The van der Waals surface area contributed by atoms with Crippen LogP contribution in [0.5, 0.6) is 0 Å². The summed E-state index contributed by atoms with van der Waals surface area (Å²) < 4.78 is 4.82. The Morgan fingerprint density at radius 3 is 2.71 bits per heavy atom. The number of ether oxygens (including phenoxy) is 1. The quantitative estimate of drug-likeness (QED) is 0.496. The van der Waals surface area contributed by atoms with E-state index >= 15 is 0 Å². The molecular formula is C16H20N2O3. The molecule has 21 heavy (non-hydrogen) atoms. The number of benzene rings is 1. The van der Waals surface area contributed by atoms with Crippen LogP contribution in [0, 0.1) is 5.92 Å². The number of nitrogens with one attached hydrogen (secondary N) is 1. The van der Waals surface area contributed by atoms with Crippen molar-refractivity contribution in [3.05, 3.63) is 35.9 Å². The summed E-state index contributed by atoms with van der Waals surface area (Å²) >= 11 is 0. The van der Waals surface area contributed by atoms with E-state index in [1.807, 2.05) is 30.3 Å². The van der Waals surface area contributed by atoms with Gasteiger partial charge in [-0.15, -0.1) is 0 Å². The summed E-state index contributed by atoms with van der Waals surface area (Å²) in [6, 6.07) is 9.99. The lowest BCUT2D eigenvalue weighted by Crippen LogP contribution is -2.22. The van der Waals surface area contributed by atoms with Gasteiger partial charge in [-0.1, -0.05) is 30.3 Å². The Kier molecular flexibility index (Phi) is 5.09. The lowest BCUT2D eigenvalue weighted by Gasteiger charge is -2.03. The van der Waals surface area contributed by atoms with E-state index in [1.54, 1.807) is 13.8 Å². The van der Waals surface area contributed by atoms with Gasteiger partial charge in [0.2, 0.25) is 5.91 Å². The van der Waals surface area contributed by atoms with Gasteiger partial charge < -0.3 is 4.74 Å². The van der Waals surface area contributed by atoms with Gasteiger partial charge in [-0.3, -0.25) is 9.59 Å². The predicted octanol–water partition coefficient (Wildman–Crippen LogP) is 2.24. The number of carbonyl (C=O) groups is 2. The summed E-state index contributed by atoms with van der Waals surface area (Å²) in [7, 11) is 0. The molecule has 5 heteroatoms. The van der Waals surface area contributed by atoms with Gasteiger partial charge >= 0.3 is 5.97 Å². The number of carbonyl (C=O) groups excluding carboxylic acids is 2. The molecule has 0 saturated heterocycles. The van der Waals surface area contributed by atoms with Gasteiger partial charge in [0.1, 0.15) is 0 Å². The van der Waals surface area contributed by atoms with Gasteiger partial charge in [0, 0.05) is 11.6 Å². The van der Waals surface area contributed by atoms with Crippen LogP contribution in [-0.2, 0) is 14.3 Å². The first-order chi connectivity index (χ1) is 10.1. The third-order valence-electron chi connectivity index (χ3n) is 3.42. The molecule has 0 bridgehead atoms. The number of amides is 1. The first-order valence-corrected chi connectivity index (χ1v) is 7.15. The van der Waals surface area contributed by atoms with Crippen LogP contribution < -0.4 is 5.43 Å². The number of rotatable bonds is 6. The van der Waals surface area contributed by atoms with Gasteiger partial charge in [0.25, 0.3) is 0 Å².